The molecule has 0 amide bonds. The maximum atomic E-state index is 11.5. The number of benzene rings is 1. The third-order valence-electron chi connectivity index (χ3n) is 2.75. The lowest BCUT2D eigenvalue weighted by Crippen LogP contribution is -2.17. The van der Waals surface area contributed by atoms with Crippen LogP contribution in [-0.2, 0) is 10.0 Å². The Morgan fingerprint density at radius 3 is 1.53 bits per heavy atom. The molecule has 0 aromatic heterocycles. The Balaban J connectivity index is 3.84. The summed E-state index contributed by atoms with van der Waals surface area (Å²) in [5.41, 5.74) is 3.27. The second kappa shape index (κ2) is 3.88. The van der Waals surface area contributed by atoms with Gasteiger partial charge in [0.2, 0.25) is 10.0 Å². The number of hydrogen-bond acceptors (Lipinski definition) is 2. The quantitative estimate of drug-likeness (QED) is 0.863. The Morgan fingerprint density at radius 1 is 0.933 bits per heavy atom. The van der Waals surface area contributed by atoms with Crippen LogP contribution in [0.3, 0.4) is 0 Å². The molecule has 0 fully saturated rings. The third kappa shape index (κ3) is 2.09. The lowest BCUT2D eigenvalue weighted by atomic mass is 10.0. The molecule has 1 rings (SSSR count). The minimum atomic E-state index is -3.65. The highest BCUT2D eigenvalue weighted by Crippen LogP contribution is 2.32. The van der Waals surface area contributed by atoms with Crippen LogP contribution in [0.5, 0.6) is 0 Å². The van der Waals surface area contributed by atoms with Crippen LogP contribution in [-0.4, -0.2) is 8.42 Å². The third-order valence-corrected chi connectivity index (χ3v) is 5.12. The van der Waals surface area contributed by atoms with Crippen molar-refractivity contribution in [1.29, 1.82) is 0 Å². The summed E-state index contributed by atoms with van der Waals surface area (Å²) < 4.78 is 23.9. The van der Waals surface area contributed by atoms with E-state index in [9.17, 15) is 8.42 Å². The van der Waals surface area contributed by atoms with Crippen molar-refractivity contribution < 1.29 is 8.42 Å². The molecule has 0 aliphatic rings. The topological polar surface area (TPSA) is 60.2 Å². The first-order valence-electron chi connectivity index (χ1n) is 4.46. The Kier molecular flexibility index (Phi) is 3.28. The molecule has 0 aliphatic heterocycles. The number of halogens is 1. The monoisotopic (exact) mass is 291 g/mol. The normalized spacial score (nSPS) is 11.9. The first kappa shape index (κ1) is 12.7. The zero-order valence-corrected chi connectivity index (χ0v) is 11.6. The summed E-state index contributed by atoms with van der Waals surface area (Å²) in [4.78, 5) is 0.251. The average Bonchev–Trinajstić information content (AvgIpc) is 2.09. The van der Waals surface area contributed by atoms with Gasteiger partial charge >= 0.3 is 0 Å². The van der Waals surface area contributed by atoms with Crippen molar-refractivity contribution in [3.8, 4) is 0 Å². The van der Waals surface area contributed by atoms with E-state index in [0.29, 0.717) is 11.1 Å². The molecule has 0 bridgehead atoms. The molecule has 15 heavy (non-hydrogen) atoms. The molecule has 1 aromatic rings. The summed E-state index contributed by atoms with van der Waals surface area (Å²) >= 11 is 3.45. The Hall–Kier alpha value is -0.390. The van der Waals surface area contributed by atoms with Crippen molar-refractivity contribution in [2.45, 2.75) is 32.6 Å². The van der Waals surface area contributed by atoms with Gasteiger partial charge in [-0.1, -0.05) is 15.9 Å². The minimum Gasteiger partial charge on any atom is -0.225 e. The van der Waals surface area contributed by atoms with Crippen LogP contribution < -0.4 is 5.14 Å². The fourth-order valence-electron chi connectivity index (χ4n) is 1.66. The highest BCUT2D eigenvalue weighted by atomic mass is 79.9. The second-order valence-corrected chi connectivity index (χ2v) is 5.98. The van der Waals surface area contributed by atoms with E-state index in [-0.39, 0.29) is 4.90 Å². The predicted octanol–water partition coefficient (Wildman–Crippen LogP) is 2.33. The molecule has 0 spiro atoms. The highest BCUT2D eigenvalue weighted by Gasteiger charge is 2.20. The maximum Gasteiger partial charge on any atom is 0.238 e. The van der Waals surface area contributed by atoms with Crippen molar-refractivity contribution in [2.75, 3.05) is 0 Å². The molecule has 0 heterocycles. The summed E-state index contributed by atoms with van der Waals surface area (Å²) in [5.74, 6) is 0. The fraction of sp³-hybridized carbons (Fsp3) is 0.400. The summed E-state index contributed by atoms with van der Waals surface area (Å²) in [5, 5.41) is 5.20. The number of primary sulfonamides is 1. The van der Waals surface area contributed by atoms with Crippen LogP contribution in [0.25, 0.3) is 0 Å². The summed E-state index contributed by atoms with van der Waals surface area (Å²) in [6, 6.07) is 0. The SMILES string of the molecule is Cc1c(C)c(S(N)(=O)=O)c(C)c(C)c1Br. The van der Waals surface area contributed by atoms with Gasteiger partial charge in [-0.3, -0.25) is 0 Å². The largest absolute Gasteiger partial charge is 0.238 e. The van der Waals surface area contributed by atoms with Crippen molar-refractivity contribution in [1.82, 2.24) is 0 Å². The summed E-state index contributed by atoms with van der Waals surface area (Å²) in [7, 11) is -3.65. The van der Waals surface area contributed by atoms with Gasteiger partial charge in [0.1, 0.15) is 0 Å². The van der Waals surface area contributed by atoms with Gasteiger partial charge in [0.05, 0.1) is 4.90 Å². The lowest BCUT2D eigenvalue weighted by molar-refractivity contribution is 0.596. The number of rotatable bonds is 1. The molecule has 2 N–H and O–H groups in total. The Morgan fingerprint density at radius 2 is 1.27 bits per heavy atom. The van der Waals surface area contributed by atoms with Crippen LogP contribution >= 0.6 is 15.9 Å². The molecule has 0 atom stereocenters. The summed E-state index contributed by atoms with van der Waals surface area (Å²) in [6.45, 7) is 7.29. The van der Waals surface area contributed by atoms with Crippen LogP contribution in [0.1, 0.15) is 22.3 Å². The van der Waals surface area contributed by atoms with Crippen LogP contribution in [0.4, 0.5) is 0 Å². The number of nitrogens with two attached hydrogens (primary N) is 1. The van der Waals surface area contributed by atoms with Gasteiger partial charge in [0.15, 0.2) is 0 Å². The van der Waals surface area contributed by atoms with E-state index in [0.717, 1.165) is 15.6 Å². The summed E-state index contributed by atoms with van der Waals surface area (Å²) in [6.07, 6.45) is 0. The molecular formula is C10H14BrNO2S. The van der Waals surface area contributed by atoms with Crippen LogP contribution in [0.2, 0.25) is 0 Å². The average molecular weight is 292 g/mol. The van der Waals surface area contributed by atoms with Gasteiger partial charge in [0, 0.05) is 4.47 Å². The van der Waals surface area contributed by atoms with Crippen LogP contribution in [0, 0.1) is 27.7 Å². The van der Waals surface area contributed by atoms with Gasteiger partial charge in [-0.2, -0.15) is 0 Å². The first-order valence-corrected chi connectivity index (χ1v) is 6.80. The smallest absolute Gasteiger partial charge is 0.225 e. The van der Waals surface area contributed by atoms with E-state index >= 15 is 0 Å². The Bertz CT molecular complexity index is 492. The van der Waals surface area contributed by atoms with Crippen molar-refractivity contribution in [2.24, 2.45) is 5.14 Å². The van der Waals surface area contributed by atoms with Gasteiger partial charge in [0.25, 0.3) is 0 Å². The molecule has 0 aliphatic carbocycles. The lowest BCUT2D eigenvalue weighted by Gasteiger charge is -2.15. The molecule has 0 radical (unpaired) electrons. The molecule has 5 heteroatoms. The second-order valence-electron chi connectivity index (χ2n) is 3.69. The van der Waals surface area contributed by atoms with Crippen molar-refractivity contribution in [3.63, 3.8) is 0 Å². The zero-order valence-electron chi connectivity index (χ0n) is 9.18. The predicted molar refractivity (Wildman–Crippen MR) is 64.5 cm³/mol. The fourth-order valence-corrected chi connectivity index (χ4v) is 3.41. The molecule has 1 aromatic carbocycles. The van der Waals surface area contributed by atoms with E-state index in [4.69, 9.17) is 5.14 Å². The molecule has 0 saturated heterocycles. The van der Waals surface area contributed by atoms with Gasteiger partial charge in [-0.05, 0) is 49.9 Å². The number of sulfonamides is 1. The molecule has 84 valence electrons. The maximum absolute atomic E-state index is 11.5. The van der Waals surface area contributed by atoms with E-state index < -0.39 is 10.0 Å². The van der Waals surface area contributed by atoms with E-state index in [1.54, 1.807) is 13.8 Å². The van der Waals surface area contributed by atoms with Gasteiger partial charge in [-0.25, -0.2) is 13.6 Å². The molecule has 0 unspecified atom stereocenters. The number of hydrogen-bond donors (Lipinski definition) is 1. The van der Waals surface area contributed by atoms with Crippen molar-refractivity contribution in [3.05, 3.63) is 26.7 Å². The molecular weight excluding hydrogens is 278 g/mol. The van der Waals surface area contributed by atoms with E-state index in [2.05, 4.69) is 15.9 Å². The highest BCUT2D eigenvalue weighted by molar-refractivity contribution is 9.10. The van der Waals surface area contributed by atoms with E-state index in [1.807, 2.05) is 13.8 Å². The zero-order chi connectivity index (χ0) is 12.0. The van der Waals surface area contributed by atoms with Gasteiger partial charge < -0.3 is 0 Å². The van der Waals surface area contributed by atoms with Gasteiger partial charge in [-0.15, -0.1) is 0 Å². The molecule has 0 saturated carbocycles. The van der Waals surface area contributed by atoms with E-state index in [1.165, 1.54) is 0 Å². The standard InChI is InChI=1S/C10H14BrNO2S/c1-5-7(3)10(15(12,13)14)8(4)6(2)9(5)11/h1-4H3,(H2,12,13,14). The van der Waals surface area contributed by atoms with Crippen molar-refractivity contribution >= 4 is 26.0 Å². The minimum absolute atomic E-state index is 0.251. The van der Waals surface area contributed by atoms with Crippen LogP contribution in [0.15, 0.2) is 9.37 Å². The first-order chi connectivity index (χ1) is 6.68. The Labute approximate surface area is 98.9 Å². The molecule has 3 nitrogen and oxygen atoms in total.